The Labute approximate surface area is 129 Å². The molecule has 2 rings (SSSR count). The average molecular weight is 311 g/mol. The fourth-order valence-electron chi connectivity index (χ4n) is 2.27. The van der Waals surface area contributed by atoms with Gasteiger partial charge in [0.1, 0.15) is 11.8 Å². The summed E-state index contributed by atoms with van der Waals surface area (Å²) in [7, 11) is 0. The molecular formula is C15H19ClN2O3. The number of likely N-dealkylation sites (N-methyl/N-ethyl adjacent to an activating group) is 1. The summed E-state index contributed by atoms with van der Waals surface area (Å²) in [5.74, 6) is 0.276. The van der Waals surface area contributed by atoms with Crippen molar-refractivity contribution in [3.8, 4) is 5.75 Å². The van der Waals surface area contributed by atoms with Crippen molar-refractivity contribution in [1.82, 2.24) is 4.90 Å². The number of rotatable bonds is 6. The number of anilines is 1. The molecule has 0 bridgehead atoms. The van der Waals surface area contributed by atoms with Crippen molar-refractivity contribution >= 4 is 29.1 Å². The summed E-state index contributed by atoms with van der Waals surface area (Å²) in [6.45, 7) is 4.77. The number of halogens is 1. The van der Waals surface area contributed by atoms with Crippen LogP contribution in [0.3, 0.4) is 0 Å². The predicted octanol–water partition coefficient (Wildman–Crippen LogP) is 2.69. The van der Waals surface area contributed by atoms with Crippen LogP contribution in [0.1, 0.15) is 26.7 Å². The Kier molecular flexibility index (Phi) is 5.07. The van der Waals surface area contributed by atoms with Crippen LogP contribution in [0.5, 0.6) is 5.75 Å². The van der Waals surface area contributed by atoms with Gasteiger partial charge in [-0.3, -0.25) is 14.5 Å². The van der Waals surface area contributed by atoms with Crippen LogP contribution in [0.15, 0.2) is 18.2 Å². The van der Waals surface area contributed by atoms with E-state index >= 15 is 0 Å². The molecule has 1 aliphatic rings. The minimum absolute atomic E-state index is 0.155. The summed E-state index contributed by atoms with van der Waals surface area (Å²) >= 11 is 6.00. The van der Waals surface area contributed by atoms with Crippen molar-refractivity contribution in [2.24, 2.45) is 0 Å². The van der Waals surface area contributed by atoms with Crippen LogP contribution in [0.4, 0.5) is 5.69 Å². The van der Waals surface area contributed by atoms with Crippen LogP contribution in [-0.2, 0) is 9.59 Å². The van der Waals surface area contributed by atoms with E-state index in [-0.39, 0.29) is 18.2 Å². The first-order valence-electron chi connectivity index (χ1n) is 7.09. The molecule has 1 N–H and O–H groups in total. The molecule has 2 amide bonds. The monoisotopic (exact) mass is 310 g/mol. The van der Waals surface area contributed by atoms with Gasteiger partial charge in [-0.05, 0) is 31.5 Å². The second kappa shape index (κ2) is 6.80. The van der Waals surface area contributed by atoms with Crippen LogP contribution >= 0.6 is 11.6 Å². The fourth-order valence-corrected chi connectivity index (χ4v) is 2.44. The van der Waals surface area contributed by atoms with Crippen LogP contribution in [-0.4, -0.2) is 35.9 Å². The van der Waals surface area contributed by atoms with Crippen LogP contribution in [0.25, 0.3) is 0 Å². The summed E-state index contributed by atoms with van der Waals surface area (Å²) in [5.41, 5.74) is 0.639. The van der Waals surface area contributed by atoms with E-state index in [2.05, 4.69) is 5.32 Å². The van der Waals surface area contributed by atoms with Crippen molar-refractivity contribution in [1.29, 1.82) is 0 Å². The van der Waals surface area contributed by atoms with Gasteiger partial charge in [-0.25, -0.2) is 0 Å². The van der Waals surface area contributed by atoms with E-state index in [1.54, 1.807) is 25.1 Å². The van der Waals surface area contributed by atoms with Crippen LogP contribution < -0.4 is 10.1 Å². The average Bonchev–Trinajstić information content (AvgIpc) is 2.72. The second-order valence-electron chi connectivity index (χ2n) is 4.87. The Morgan fingerprint density at radius 1 is 1.38 bits per heavy atom. The van der Waals surface area contributed by atoms with Gasteiger partial charge in [-0.1, -0.05) is 18.5 Å². The van der Waals surface area contributed by atoms with Crippen molar-refractivity contribution in [2.45, 2.75) is 32.7 Å². The zero-order valence-electron chi connectivity index (χ0n) is 12.2. The predicted molar refractivity (Wildman–Crippen MR) is 81.7 cm³/mol. The van der Waals surface area contributed by atoms with Gasteiger partial charge in [-0.2, -0.15) is 0 Å². The van der Waals surface area contributed by atoms with Gasteiger partial charge in [0.05, 0.1) is 18.7 Å². The normalized spacial score (nSPS) is 18.2. The highest BCUT2D eigenvalue weighted by atomic mass is 35.5. The molecule has 0 aliphatic carbocycles. The minimum atomic E-state index is -0.556. The van der Waals surface area contributed by atoms with E-state index in [9.17, 15) is 9.59 Å². The molecule has 0 spiro atoms. The summed E-state index contributed by atoms with van der Waals surface area (Å²) in [4.78, 5) is 25.1. The first-order valence-corrected chi connectivity index (χ1v) is 7.47. The molecule has 1 atom stereocenters. The topological polar surface area (TPSA) is 58.6 Å². The molecule has 1 aromatic carbocycles. The van der Waals surface area contributed by atoms with Crippen LogP contribution in [0, 0.1) is 0 Å². The third-order valence-corrected chi connectivity index (χ3v) is 3.53. The van der Waals surface area contributed by atoms with Gasteiger partial charge in [0, 0.05) is 11.6 Å². The summed E-state index contributed by atoms with van der Waals surface area (Å²) in [6, 6.07) is 4.65. The molecule has 6 heteroatoms. The number of likely N-dealkylation sites (tertiary alicyclic amines) is 1. The highest BCUT2D eigenvalue weighted by Crippen LogP contribution is 2.30. The summed E-state index contributed by atoms with van der Waals surface area (Å²) in [6.07, 6.45) is 1.04. The Hall–Kier alpha value is -1.75. The molecule has 1 aromatic rings. The SMILES string of the molecule is CCCOc1ccc(Cl)cc1NC1CC(=O)N(CC)C1=O. The van der Waals surface area contributed by atoms with Gasteiger partial charge < -0.3 is 10.1 Å². The largest absolute Gasteiger partial charge is 0.491 e. The van der Waals surface area contributed by atoms with Crippen molar-refractivity contribution in [2.75, 3.05) is 18.5 Å². The zero-order valence-corrected chi connectivity index (χ0v) is 12.9. The molecule has 1 saturated heterocycles. The lowest BCUT2D eigenvalue weighted by Crippen LogP contribution is -2.34. The maximum Gasteiger partial charge on any atom is 0.252 e. The van der Waals surface area contributed by atoms with Crippen molar-refractivity contribution in [3.05, 3.63) is 23.2 Å². The lowest BCUT2D eigenvalue weighted by molar-refractivity contribution is -0.138. The fraction of sp³-hybridized carbons (Fsp3) is 0.467. The molecule has 1 unspecified atom stereocenters. The number of ether oxygens (including phenoxy) is 1. The molecule has 114 valence electrons. The number of amides is 2. The molecule has 1 fully saturated rings. The third-order valence-electron chi connectivity index (χ3n) is 3.29. The number of nitrogens with zero attached hydrogens (tertiary/aromatic N) is 1. The van der Waals surface area contributed by atoms with E-state index in [0.717, 1.165) is 6.42 Å². The maximum atomic E-state index is 12.1. The van der Waals surface area contributed by atoms with Crippen LogP contribution in [0.2, 0.25) is 5.02 Å². The van der Waals surface area contributed by atoms with E-state index in [0.29, 0.717) is 29.6 Å². The number of carbonyl (C=O) groups excluding carboxylic acids is 2. The number of nitrogens with one attached hydrogen (secondary N) is 1. The van der Waals surface area contributed by atoms with Crippen molar-refractivity contribution < 1.29 is 14.3 Å². The number of imide groups is 1. The minimum Gasteiger partial charge on any atom is -0.491 e. The second-order valence-corrected chi connectivity index (χ2v) is 5.30. The van der Waals surface area contributed by atoms with Crippen molar-refractivity contribution in [3.63, 3.8) is 0 Å². The standard InChI is InChI=1S/C15H19ClN2O3/c1-3-7-21-13-6-5-10(16)8-11(13)17-12-9-14(19)18(4-2)15(12)20/h5-6,8,12,17H,3-4,7,9H2,1-2H3. The van der Waals surface area contributed by atoms with Gasteiger partial charge in [0.2, 0.25) is 5.91 Å². The number of hydrogen-bond acceptors (Lipinski definition) is 4. The molecule has 0 aromatic heterocycles. The highest BCUT2D eigenvalue weighted by molar-refractivity contribution is 6.31. The quantitative estimate of drug-likeness (QED) is 0.821. The van der Waals surface area contributed by atoms with E-state index in [1.807, 2.05) is 6.92 Å². The molecule has 21 heavy (non-hydrogen) atoms. The maximum absolute atomic E-state index is 12.1. The van der Waals surface area contributed by atoms with Gasteiger partial charge >= 0.3 is 0 Å². The Balaban J connectivity index is 2.17. The highest BCUT2D eigenvalue weighted by Gasteiger charge is 2.37. The molecule has 5 nitrogen and oxygen atoms in total. The van der Waals surface area contributed by atoms with Gasteiger partial charge in [-0.15, -0.1) is 0 Å². The Bertz CT molecular complexity index is 548. The lowest BCUT2D eigenvalue weighted by Gasteiger charge is -2.17. The van der Waals surface area contributed by atoms with E-state index in [4.69, 9.17) is 16.3 Å². The third kappa shape index (κ3) is 3.47. The lowest BCUT2D eigenvalue weighted by atomic mass is 10.2. The molecule has 0 radical (unpaired) electrons. The van der Waals surface area contributed by atoms with E-state index in [1.165, 1.54) is 4.90 Å². The molecule has 1 heterocycles. The Morgan fingerprint density at radius 3 is 2.76 bits per heavy atom. The zero-order chi connectivity index (χ0) is 15.4. The first kappa shape index (κ1) is 15.6. The summed E-state index contributed by atoms with van der Waals surface area (Å²) in [5, 5.41) is 3.63. The Morgan fingerprint density at radius 2 is 2.14 bits per heavy atom. The molecule has 1 aliphatic heterocycles. The smallest absolute Gasteiger partial charge is 0.252 e. The first-order chi connectivity index (χ1) is 10.1. The summed E-state index contributed by atoms with van der Waals surface area (Å²) < 4.78 is 5.64. The van der Waals surface area contributed by atoms with Gasteiger partial charge in [0.25, 0.3) is 5.91 Å². The number of benzene rings is 1. The number of hydrogen-bond donors (Lipinski definition) is 1. The van der Waals surface area contributed by atoms with E-state index < -0.39 is 6.04 Å². The molecular weight excluding hydrogens is 292 g/mol. The molecule has 0 saturated carbocycles. The number of carbonyl (C=O) groups is 2. The van der Waals surface area contributed by atoms with Gasteiger partial charge in [0.15, 0.2) is 0 Å².